The monoisotopic (exact) mass is 1280 g/mol. The number of nitrogens with zero attached hydrogens (tertiary/aromatic N) is 3. The first-order chi connectivity index (χ1) is 43.0. The number of hydrogen-bond acceptors (Lipinski definition) is 17. The van der Waals surface area contributed by atoms with Crippen molar-refractivity contribution in [3.8, 4) is 0 Å². The Balaban J connectivity index is 1.17. The van der Waals surface area contributed by atoms with Gasteiger partial charge in [-0.3, -0.25) is 38.5 Å². The molecule has 5 rings (SSSR count). The van der Waals surface area contributed by atoms with Gasteiger partial charge in [-0.2, -0.15) is 0 Å². The zero-order valence-electron chi connectivity index (χ0n) is 53.7. The number of unbranched alkanes of at least 4 members (excludes halogenated alkanes) is 2. The van der Waals surface area contributed by atoms with E-state index < -0.39 is 102 Å². The van der Waals surface area contributed by atoms with Crippen LogP contribution in [-0.2, 0) is 59.1 Å². The summed E-state index contributed by atoms with van der Waals surface area (Å²) >= 11 is 0. The summed E-state index contributed by atoms with van der Waals surface area (Å²) in [7, 11) is 0. The molecule has 504 valence electrons. The standard InChI is InChI=1S/C65H96N8O18/c1-9-49(75)43(7)59-51(89-59)36-65(8,87)30-13-15-41(5)58-42(6)19-26-50(40(4)18-25-47(74)35-56(81)91-58)90-63(85)71-33-34-72(46(37-71)24-29-55(79)80)64(86)88-38-44-20-22-45(23-21-44)68-60(82)48(16-14-31-67-62(66)84)69-61(83)57(39(2)3)70-52(76)17-11-10-12-32-73-53(77)27-28-54(73)78/h13,15,19-23,26-28,30,39-40,42-43,46-51,57-59,74-75,87H,9-12,14,16-18,24-25,29,31-38H2,1-8H3,(H,68,82)(H,69,83)(H,70,76)(H,79,80)(H3,66,67,84)/b26-19+,30-13+,41-15+/t40-,42-,43+,46+,47+,48-,49-,50-,51+,57-,58+,59+,65-/m0/s1. The van der Waals surface area contributed by atoms with Crippen LogP contribution in [0.5, 0.6) is 0 Å². The number of aliphatic carboxylic acids is 1. The van der Waals surface area contributed by atoms with E-state index in [2.05, 4.69) is 21.3 Å². The number of ether oxygens (including phenoxy) is 4. The largest absolute Gasteiger partial charge is 0.481 e. The molecule has 91 heavy (non-hydrogen) atoms. The van der Waals surface area contributed by atoms with Gasteiger partial charge in [-0.15, -0.1) is 0 Å². The highest BCUT2D eigenvalue weighted by Crippen LogP contribution is 2.38. The minimum atomic E-state index is -1.24. The quantitative estimate of drug-likeness (QED) is 0.00899. The van der Waals surface area contributed by atoms with Gasteiger partial charge in [0.15, 0.2) is 0 Å². The molecule has 9 amide bonds. The number of amides is 9. The topological polar surface area (TPSA) is 376 Å². The number of allylic oxidation sites excluding steroid dienone is 2. The third-order valence-electron chi connectivity index (χ3n) is 16.8. The lowest BCUT2D eigenvalue weighted by molar-refractivity contribution is -0.151. The molecule has 2 fully saturated rings. The van der Waals surface area contributed by atoms with Gasteiger partial charge in [0.25, 0.3) is 11.8 Å². The number of primary amides is 1. The first-order valence-corrected chi connectivity index (χ1v) is 31.7. The van der Waals surface area contributed by atoms with E-state index in [1.165, 1.54) is 22.0 Å². The predicted octanol–water partition coefficient (Wildman–Crippen LogP) is 5.28. The third kappa shape index (κ3) is 24.5. The van der Waals surface area contributed by atoms with Crippen LogP contribution in [0, 0.1) is 23.7 Å². The number of piperazine rings is 1. The molecule has 26 heteroatoms. The Bertz CT molecular complexity index is 2790. The number of carboxylic acids is 1. The van der Waals surface area contributed by atoms with Crippen molar-refractivity contribution in [1.82, 2.24) is 30.7 Å². The van der Waals surface area contributed by atoms with Crippen LogP contribution in [0.1, 0.15) is 144 Å². The van der Waals surface area contributed by atoms with Crippen molar-refractivity contribution in [2.24, 2.45) is 29.4 Å². The maximum Gasteiger partial charge on any atom is 0.410 e. The lowest BCUT2D eigenvalue weighted by Gasteiger charge is -2.40. The third-order valence-corrected chi connectivity index (χ3v) is 16.8. The van der Waals surface area contributed by atoms with Crippen molar-refractivity contribution >= 4 is 65.4 Å². The number of rotatable bonds is 30. The maximum absolute atomic E-state index is 14.1. The van der Waals surface area contributed by atoms with Crippen molar-refractivity contribution in [3.63, 3.8) is 0 Å². The van der Waals surface area contributed by atoms with Crippen LogP contribution < -0.4 is 27.0 Å². The highest BCUT2D eigenvalue weighted by Gasteiger charge is 2.47. The number of nitrogens with two attached hydrogens (primary N) is 1. The number of carboxylic acid groups (broad SMARTS) is 1. The number of aliphatic hydroxyl groups excluding tert-OH is 2. The Hall–Kier alpha value is -7.68. The van der Waals surface area contributed by atoms with Crippen LogP contribution in [-0.4, -0.2) is 188 Å². The van der Waals surface area contributed by atoms with Crippen LogP contribution in [0.2, 0.25) is 0 Å². The Morgan fingerprint density at radius 3 is 2.26 bits per heavy atom. The summed E-state index contributed by atoms with van der Waals surface area (Å²) < 4.78 is 23.6. The van der Waals surface area contributed by atoms with Crippen LogP contribution in [0.15, 0.2) is 72.4 Å². The van der Waals surface area contributed by atoms with E-state index in [4.69, 9.17) is 24.7 Å². The molecule has 0 bridgehead atoms. The van der Waals surface area contributed by atoms with Gasteiger partial charge in [0.05, 0.1) is 42.5 Å². The van der Waals surface area contributed by atoms with E-state index in [1.807, 2.05) is 27.7 Å². The number of nitrogens with one attached hydrogen (secondary N) is 4. The van der Waals surface area contributed by atoms with Gasteiger partial charge in [-0.1, -0.05) is 84.4 Å². The lowest BCUT2D eigenvalue weighted by Crippen LogP contribution is -2.57. The normalized spacial score (nSPS) is 24.6. The molecule has 0 spiro atoms. The predicted molar refractivity (Wildman–Crippen MR) is 334 cm³/mol. The molecule has 4 heterocycles. The molecule has 26 nitrogen and oxygen atoms in total. The van der Waals surface area contributed by atoms with E-state index in [9.17, 15) is 68.4 Å². The van der Waals surface area contributed by atoms with E-state index in [-0.39, 0.29) is 126 Å². The number of esters is 1. The Kier molecular flexibility index (Phi) is 29.1. The molecule has 4 aliphatic rings. The maximum atomic E-state index is 14.1. The number of anilines is 1. The summed E-state index contributed by atoms with van der Waals surface area (Å²) in [5.41, 5.74) is 5.48. The van der Waals surface area contributed by atoms with E-state index >= 15 is 0 Å². The van der Waals surface area contributed by atoms with Crippen LogP contribution in [0.3, 0.4) is 0 Å². The second kappa shape index (κ2) is 35.8. The molecule has 1 aromatic rings. The molecule has 10 N–H and O–H groups in total. The van der Waals surface area contributed by atoms with Crippen molar-refractivity contribution < 1.29 is 87.3 Å². The zero-order chi connectivity index (χ0) is 67.1. The lowest BCUT2D eigenvalue weighted by atomic mass is 9.91. The highest BCUT2D eigenvalue weighted by atomic mass is 16.6. The van der Waals surface area contributed by atoms with Crippen molar-refractivity contribution in [2.45, 2.75) is 206 Å². The van der Waals surface area contributed by atoms with Gasteiger partial charge in [0, 0.05) is 81.7 Å². The summed E-state index contributed by atoms with van der Waals surface area (Å²) in [5.74, 6) is -5.30. The number of cyclic esters (lactones) is 1. The van der Waals surface area contributed by atoms with Gasteiger partial charge in [0.2, 0.25) is 17.7 Å². The highest BCUT2D eigenvalue weighted by molar-refractivity contribution is 6.12. The van der Waals surface area contributed by atoms with Gasteiger partial charge in [-0.25, -0.2) is 14.4 Å². The molecule has 0 unspecified atom stereocenters. The van der Waals surface area contributed by atoms with Gasteiger partial charge < -0.3 is 76.2 Å². The average Bonchev–Trinajstić information content (AvgIpc) is 1.85. The SMILES string of the molecule is CC[C@H](O)[C@@H](C)[C@H]1O[C@@H]1C[C@@](C)(O)/C=C/C=C(\C)[C@H]1OC(=O)C[C@H](O)CC[C@H](C)[C@@H](OC(=O)N2CCN(C(=O)OCc3ccc(NC(=O)[C@H](CCCNC(N)=O)NC(=O)[C@@H](NC(=O)CCCCCN4C(=O)C=CC4=O)C(C)C)cc3)[C@H](CCC(=O)O)C2)/C=C/[C@@H]1C. The number of aliphatic hydroxyl groups is 3. The van der Waals surface area contributed by atoms with E-state index in [1.54, 1.807) is 82.3 Å². The first kappa shape index (κ1) is 74.1. The fourth-order valence-electron chi connectivity index (χ4n) is 11.1. The minimum Gasteiger partial charge on any atom is -0.481 e. The number of epoxide rings is 1. The second-order valence-corrected chi connectivity index (χ2v) is 24.9. The molecular formula is C65H96N8O18. The smallest absolute Gasteiger partial charge is 0.410 e. The van der Waals surface area contributed by atoms with Gasteiger partial charge in [-0.05, 0) is 106 Å². The molecule has 2 saturated heterocycles. The summed E-state index contributed by atoms with van der Waals surface area (Å²) in [5, 5.41) is 52.7. The van der Waals surface area contributed by atoms with Crippen LogP contribution >= 0.6 is 0 Å². The fraction of sp³-hybridized carbons (Fsp3) is 0.631. The summed E-state index contributed by atoms with van der Waals surface area (Å²) in [4.78, 5) is 132. The molecule has 0 aromatic heterocycles. The van der Waals surface area contributed by atoms with Gasteiger partial charge >= 0.3 is 30.2 Å². The first-order valence-electron chi connectivity index (χ1n) is 31.7. The molecule has 1 aromatic carbocycles. The molecule has 0 radical (unpaired) electrons. The second-order valence-electron chi connectivity index (χ2n) is 24.9. The summed E-state index contributed by atoms with van der Waals surface area (Å²) in [6.07, 6.45) is 8.85. The van der Waals surface area contributed by atoms with Crippen molar-refractivity contribution in [3.05, 3.63) is 77.9 Å². The summed E-state index contributed by atoms with van der Waals surface area (Å²) in [6.45, 7) is 14.5. The molecule has 0 saturated carbocycles. The molecule has 13 atom stereocenters. The number of carbonyl (C=O) groups excluding carboxylic acids is 9. The molecule has 0 aliphatic carbocycles. The molecular weight excluding hydrogens is 1180 g/mol. The number of benzene rings is 1. The zero-order valence-corrected chi connectivity index (χ0v) is 53.7. The van der Waals surface area contributed by atoms with Gasteiger partial charge in [0.1, 0.15) is 30.9 Å². The average molecular weight is 1280 g/mol. The molecule has 4 aliphatic heterocycles. The van der Waals surface area contributed by atoms with Crippen LogP contribution in [0.4, 0.5) is 20.1 Å². The Morgan fingerprint density at radius 1 is 0.901 bits per heavy atom. The number of hydrogen-bond donors (Lipinski definition) is 9. The fourth-order valence-corrected chi connectivity index (χ4v) is 11.1. The number of carbonyl (C=O) groups is 10. The van der Waals surface area contributed by atoms with Crippen molar-refractivity contribution in [2.75, 3.05) is 38.0 Å². The Labute approximate surface area is 532 Å². The van der Waals surface area contributed by atoms with E-state index in [0.29, 0.717) is 55.3 Å². The number of imide groups is 1. The Morgan fingerprint density at radius 2 is 1.60 bits per heavy atom. The summed E-state index contributed by atoms with van der Waals surface area (Å²) in [6, 6.07) is 2.67. The minimum absolute atomic E-state index is 0.0131. The van der Waals surface area contributed by atoms with Crippen LogP contribution in [0.25, 0.3) is 0 Å². The van der Waals surface area contributed by atoms with E-state index in [0.717, 1.165) is 4.90 Å². The number of urea groups is 1. The van der Waals surface area contributed by atoms with Crippen molar-refractivity contribution in [1.29, 1.82) is 0 Å².